The predicted octanol–water partition coefficient (Wildman–Crippen LogP) is 1.36. The van der Waals surface area contributed by atoms with Crippen LogP contribution in [0.15, 0.2) is 41.4 Å². The summed E-state index contributed by atoms with van der Waals surface area (Å²) in [5.74, 6) is -6.24. The molecule has 226 valence electrons. The summed E-state index contributed by atoms with van der Waals surface area (Å²) in [6.07, 6.45) is -5.21. The normalized spacial score (nSPS) is 13.0. The second-order valence-electron chi connectivity index (χ2n) is 8.51. The lowest BCUT2D eigenvalue weighted by Gasteiger charge is -2.13. The van der Waals surface area contributed by atoms with Crippen LogP contribution in [0.5, 0.6) is 11.5 Å². The third kappa shape index (κ3) is 10.3. The maximum atomic E-state index is 12.7. The number of carbonyl (C=O) groups excluding carboxylic acids is 2. The molecule has 0 radical (unpaired) electrons. The van der Waals surface area contributed by atoms with Gasteiger partial charge < -0.3 is 41.6 Å². The van der Waals surface area contributed by atoms with Crippen molar-refractivity contribution in [3.63, 3.8) is 0 Å². The van der Waals surface area contributed by atoms with Crippen LogP contribution in [0, 0.1) is 0 Å². The SMILES string of the molecule is NC(N)=Nc1ccc2c(c1)OCCc1cc(CCC(=O)N[C@@H](CC(=O)O)C(=O)O)ccc1OC2=O.O=C(O)C(F)(F)F. The van der Waals surface area contributed by atoms with Crippen molar-refractivity contribution in [3.05, 3.63) is 53.1 Å². The van der Waals surface area contributed by atoms with E-state index in [4.69, 9.17) is 41.1 Å². The first-order valence-corrected chi connectivity index (χ1v) is 11.8. The number of carbonyl (C=O) groups is 5. The number of halogens is 3. The summed E-state index contributed by atoms with van der Waals surface area (Å²) in [5.41, 5.74) is 12.9. The van der Waals surface area contributed by atoms with E-state index in [9.17, 15) is 32.3 Å². The molecule has 0 aliphatic carbocycles. The van der Waals surface area contributed by atoms with E-state index in [0.717, 1.165) is 5.56 Å². The van der Waals surface area contributed by atoms with Gasteiger partial charge in [-0.2, -0.15) is 13.2 Å². The zero-order valence-electron chi connectivity index (χ0n) is 21.5. The molecule has 0 fully saturated rings. The maximum absolute atomic E-state index is 12.7. The van der Waals surface area contributed by atoms with Gasteiger partial charge in [0.2, 0.25) is 5.91 Å². The number of aliphatic carboxylic acids is 3. The number of hydrogen-bond donors (Lipinski definition) is 6. The Bertz CT molecular complexity index is 1390. The summed E-state index contributed by atoms with van der Waals surface area (Å²) >= 11 is 0. The molecule has 17 heteroatoms. The first-order valence-electron chi connectivity index (χ1n) is 11.8. The standard InChI is InChI=1S/C23H24N4O8.C2HF3O2/c24-23(25)26-14-3-4-15-18(10-14)34-8-7-13-9-12(1-5-17(13)35-22(15)33)2-6-19(28)27-16(21(31)32)11-20(29)30;3-2(4,5)1(6)7/h1,3-5,9-10,16H,2,6-8,11H2,(H,27,28)(H,29,30)(H,31,32)(H4,24,25,26);(H,6,7)/t16-;/m0./s1. The molecule has 0 bridgehead atoms. The average molecular weight is 598 g/mol. The zero-order valence-corrected chi connectivity index (χ0v) is 21.5. The molecule has 42 heavy (non-hydrogen) atoms. The highest BCUT2D eigenvalue weighted by molar-refractivity contribution is 5.95. The third-order valence-corrected chi connectivity index (χ3v) is 5.30. The number of aryl methyl sites for hydroxylation is 1. The van der Waals surface area contributed by atoms with Crippen molar-refractivity contribution in [1.82, 2.24) is 5.32 Å². The van der Waals surface area contributed by atoms with Crippen LogP contribution in [0.3, 0.4) is 0 Å². The van der Waals surface area contributed by atoms with E-state index in [1.165, 1.54) is 12.1 Å². The van der Waals surface area contributed by atoms with Crippen LogP contribution in [0.2, 0.25) is 0 Å². The number of carboxylic acid groups (broad SMARTS) is 3. The van der Waals surface area contributed by atoms with E-state index in [-0.39, 0.29) is 36.7 Å². The molecule has 14 nitrogen and oxygen atoms in total. The average Bonchev–Trinajstić information content (AvgIpc) is 2.93. The van der Waals surface area contributed by atoms with Crippen LogP contribution in [-0.4, -0.2) is 69.9 Å². The third-order valence-electron chi connectivity index (χ3n) is 5.30. The van der Waals surface area contributed by atoms with Gasteiger partial charge in [0.1, 0.15) is 23.1 Å². The number of fused-ring (bicyclic) bond motifs is 2. The topological polar surface area (TPSA) is 241 Å². The summed E-state index contributed by atoms with van der Waals surface area (Å²) in [7, 11) is 0. The Labute approximate surface area is 234 Å². The number of alkyl halides is 3. The highest BCUT2D eigenvalue weighted by Crippen LogP contribution is 2.30. The Hall–Kier alpha value is -5.35. The zero-order chi connectivity index (χ0) is 31.6. The lowest BCUT2D eigenvalue weighted by atomic mass is 10.0. The Kier molecular flexibility index (Phi) is 11.2. The van der Waals surface area contributed by atoms with Crippen molar-refractivity contribution >= 4 is 41.4 Å². The van der Waals surface area contributed by atoms with E-state index < -0.39 is 48.4 Å². The first kappa shape index (κ1) is 32.9. The summed E-state index contributed by atoms with van der Waals surface area (Å²) in [4.78, 5) is 59.6. The number of benzene rings is 2. The quantitative estimate of drug-likeness (QED) is 0.109. The number of nitrogens with one attached hydrogen (secondary N) is 1. The minimum absolute atomic E-state index is 0.0581. The minimum atomic E-state index is -5.08. The van der Waals surface area contributed by atoms with Gasteiger partial charge in [-0.3, -0.25) is 9.59 Å². The van der Waals surface area contributed by atoms with Crippen LogP contribution in [0.1, 0.15) is 34.3 Å². The van der Waals surface area contributed by atoms with Gasteiger partial charge in [-0.25, -0.2) is 19.4 Å². The van der Waals surface area contributed by atoms with Gasteiger partial charge in [-0.05, 0) is 35.7 Å². The second-order valence-corrected chi connectivity index (χ2v) is 8.51. The smallest absolute Gasteiger partial charge is 0.490 e. The molecular weight excluding hydrogens is 573 g/mol. The Balaban J connectivity index is 0.000000782. The van der Waals surface area contributed by atoms with Crippen LogP contribution < -0.4 is 26.3 Å². The Morgan fingerprint density at radius 2 is 1.69 bits per heavy atom. The fourth-order valence-corrected chi connectivity index (χ4v) is 3.43. The number of guanidine groups is 1. The van der Waals surface area contributed by atoms with E-state index in [0.29, 0.717) is 23.4 Å². The molecule has 1 aliphatic heterocycles. The second kappa shape index (κ2) is 14.3. The number of nitrogens with zero attached hydrogens (tertiary/aromatic N) is 1. The van der Waals surface area contributed by atoms with Gasteiger partial charge in [0.05, 0.1) is 18.7 Å². The van der Waals surface area contributed by atoms with Crippen molar-refractivity contribution in [2.24, 2.45) is 16.5 Å². The summed E-state index contributed by atoms with van der Waals surface area (Å²) < 4.78 is 43.1. The van der Waals surface area contributed by atoms with Crippen LogP contribution in [-0.2, 0) is 32.0 Å². The lowest BCUT2D eigenvalue weighted by Crippen LogP contribution is -2.42. The van der Waals surface area contributed by atoms with Gasteiger partial charge in [0, 0.05) is 18.9 Å². The molecule has 0 unspecified atom stereocenters. The van der Waals surface area contributed by atoms with E-state index >= 15 is 0 Å². The number of amides is 1. The predicted molar refractivity (Wildman–Crippen MR) is 136 cm³/mol. The molecular formula is C25H25F3N4O10. The number of rotatable bonds is 8. The fraction of sp³-hybridized carbons (Fsp3) is 0.280. The summed E-state index contributed by atoms with van der Waals surface area (Å²) in [5, 5.41) is 27.2. The molecule has 8 N–H and O–H groups in total. The van der Waals surface area contributed by atoms with Crippen LogP contribution >= 0.6 is 0 Å². The van der Waals surface area contributed by atoms with Crippen molar-refractivity contribution < 1.29 is 61.9 Å². The van der Waals surface area contributed by atoms with Gasteiger partial charge in [0.25, 0.3) is 0 Å². The lowest BCUT2D eigenvalue weighted by molar-refractivity contribution is -0.192. The van der Waals surface area contributed by atoms with E-state index in [1.807, 2.05) is 0 Å². The van der Waals surface area contributed by atoms with E-state index in [2.05, 4.69) is 10.3 Å². The number of esters is 1. The van der Waals surface area contributed by atoms with Gasteiger partial charge in [-0.1, -0.05) is 12.1 Å². The molecule has 1 heterocycles. The minimum Gasteiger partial charge on any atom is -0.492 e. The van der Waals surface area contributed by atoms with Gasteiger partial charge in [-0.15, -0.1) is 0 Å². The number of ether oxygens (including phenoxy) is 2. The largest absolute Gasteiger partial charge is 0.492 e. The molecule has 3 rings (SSSR count). The number of aliphatic imine (C=N–C) groups is 1. The Morgan fingerprint density at radius 1 is 1.02 bits per heavy atom. The fourth-order valence-electron chi connectivity index (χ4n) is 3.43. The van der Waals surface area contributed by atoms with Gasteiger partial charge >= 0.3 is 30.1 Å². The van der Waals surface area contributed by atoms with E-state index in [1.54, 1.807) is 24.3 Å². The molecule has 1 amide bonds. The molecule has 0 saturated carbocycles. The Morgan fingerprint density at radius 3 is 2.26 bits per heavy atom. The molecule has 2 aromatic carbocycles. The number of nitrogens with two attached hydrogens (primary N) is 2. The highest BCUT2D eigenvalue weighted by Gasteiger charge is 2.38. The maximum Gasteiger partial charge on any atom is 0.490 e. The monoisotopic (exact) mass is 598 g/mol. The van der Waals surface area contributed by atoms with Gasteiger partial charge in [0.15, 0.2) is 5.96 Å². The van der Waals surface area contributed by atoms with Crippen molar-refractivity contribution in [2.45, 2.75) is 37.9 Å². The molecule has 0 spiro atoms. The summed E-state index contributed by atoms with van der Waals surface area (Å²) in [6.45, 7) is 0.224. The number of hydrogen-bond acceptors (Lipinski definition) is 8. The molecule has 1 aliphatic rings. The highest BCUT2D eigenvalue weighted by atomic mass is 19.4. The first-order chi connectivity index (χ1) is 19.6. The number of carboxylic acids is 3. The molecule has 0 saturated heterocycles. The molecule has 1 atom stereocenters. The van der Waals surface area contributed by atoms with Crippen molar-refractivity contribution in [3.8, 4) is 11.5 Å². The van der Waals surface area contributed by atoms with Crippen LogP contribution in [0.25, 0.3) is 0 Å². The summed E-state index contributed by atoms with van der Waals surface area (Å²) in [6, 6.07) is 8.16. The van der Waals surface area contributed by atoms with Crippen LogP contribution in [0.4, 0.5) is 18.9 Å². The molecule has 2 aromatic rings. The van der Waals surface area contributed by atoms with Crippen molar-refractivity contribution in [1.29, 1.82) is 0 Å². The van der Waals surface area contributed by atoms with Crippen molar-refractivity contribution in [2.75, 3.05) is 6.61 Å². The molecule has 0 aromatic heterocycles.